The van der Waals surface area contributed by atoms with Crippen LogP contribution in [0.3, 0.4) is 0 Å². The van der Waals surface area contributed by atoms with Gasteiger partial charge in [0.2, 0.25) is 0 Å². The molecule has 0 unspecified atom stereocenters. The standard InChI is InChI=1S/C9H16N2S/c1-6(2)4-5-8-7(3)10-9(12)11-8/h6H,4-5H2,1-3H3,(H2,10,11,12). The molecular formula is C9H16N2S. The van der Waals surface area contributed by atoms with Crippen molar-refractivity contribution in [1.82, 2.24) is 9.97 Å². The van der Waals surface area contributed by atoms with E-state index in [2.05, 4.69) is 30.7 Å². The van der Waals surface area contributed by atoms with E-state index in [1.807, 2.05) is 0 Å². The third-order valence-electron chi connectivity index (χ3n) is 1.99. The first-order valence-corrected chi connectivity index (χ1v) is 4.78. The molecule has 1 aromatic rings. The number of nitrogens with one attached hydrogen (secondary N) is 2. The summed E-state index contributed by atoms with van der Waals surface area (Å²) in [6, 6.07) is 0. The molecule has 0 radical (unpaired) electrons. The number of imidazole rings is 1. The molecule has 0 aromatic carbocycles. The Morgan fingerprint density at radius 1 is 1.33 bits per heavy atom. The van der Waals surface area contributed by atoms with Gasteiger partial charge >= 0.3 is 0 Å². The van der Waals surface area contributed by atoms with E-state index in [1.165, 1.54) is 17.8 Å². The van der Waals surface area contributed by atoms with Crippen molar-refractivity contribution in [3.8, 4) is 0 Å². The van der Waals surface area contributed by atoms with E-state index in [0.717, 1.165) is 17.1 Å². The highest BCUT2D eigenvalue weighted by Gasteiger charge is 2.01. The Hall–Kier alpha value is -0.570. The summed E-state index contributed by atoms with van der Waals surface area (Å²) in [6.45, 7) is 6.52. The van der Waals surface area contributed by atoms with Gasteiger partial charge in [-0.3, -0.25) is 0 Å². The van der Waals surface area contributed by atoms with Crippen molar-refractivity contribution >= 4 is 12.2 Å². The predicted octanol–water partition coefficient (Wildman–Crippen LogP) is 2.97. The maximum Gasteiger partial charge on any atom is 0.174 e. The molecule has 2 N–H and O–H groups in total. The lowest BCUT2D eigenvalue weighted by Crippen LogP contribution is -1.94. The Morgan fingerprint density at radius 3 is 2.42 bits per heavy atom. The second kappa shape index (κ2) is 3.90. The second-order valence-electron chi connectivity index (χ2n) is 3.62. The molecule has 0 aliphatic carbocycles. The molecule has 68 valence electrons. The van der Waals surface area contributed by atoms with Crippen molar-refractivity contribution in [1.29, 1.82) is 0 Å². The number of hydrogen-bond acceptors (Lipinski definition) is 1. The zero-order valence-corrected chi connectivity index (χ0v) is 8.72. The number of hydrogen-bond donors (Lipinski definition) is 2. The predicted molar refractivity (Wildman–Crippen MR) is 53.9 cm³/mol. The summed E-state index contributed by atoms with van der Waals surface area (Å²) >= 11 is 4.99. The van der Waals surface area contributed by atoms with Gasteiger partial charge in [-0.05, 0) is 37.9 Å². The van der Waals surface area contributed by atoms with Gasteiger partial charge in [0.15, 0.2) is 4.77 Å². The molecular weight excluding hydrogens is 168 g/mol. The minimum atomic E-state index is 0.742. The van der Waals surface area contributed by atoms with E-state index in [1.54, 1.807) is 0 Å². The average molecular weight is 184 g/mol. The Kier molecular flexibility index (Phi) is 3.09. The Morgan fingerprint density at radius 2 is 2.00 bits per heavy atom. The van der Waals surface area contributed by atoms with Crippen LogP contribution in [-0.2, 0) is 6.42 Å². The van der Waals surface area contributed by atoms with Gasteiger partial charge in [-0.1, -0.05) is 13.8 Å². The number of rotatable bonds is 3. The Balaban J connectivity index is 2.63. The molecule has 0 atom stereocenters. The Bertz CT molecular complexity index is 296. The first-order valence-electron chi connectivity index (χ1n) is 4.37. The third-order valence-corrected chi connectivity index (χ3v) is 2.19. The van der Waals surface area contributed by atoms with Crippen LogP contribution in [0, 0.1) is 17.6 Å². The molecule has 12 heavy (non-hydrogen) atoms. The molecule has 1 heterocycles. The molecule has 0 aliphatic rings. The maximum absolute atomic E-state index is 4.99. The van der Waals surface area contributed by atoms with Crippen LogP contribution < -0.4 is 0 Å². The molecule has 0 fully saturated rings. The lowest BCUT2D eigenvalue weighted by molar-refractivity contribution is 0.581. The summed E-state index contributed by atoms with van der Waals surface area (Å²) < 4.78 is 0.742. The molecule has 0 bridgehead atoms. The third kappa shape index (κ3) is 2.48. The van der Waals surface area contributed by atoms with Gasteiger partial charge in [0.25, 0.3) is 0 Å². The summed E-state index contributed by atoms with van der Waals surface area (Å²) in [6.07, 6.45) is 2.31. The summed E-state index contributed by atoms with van der Waals surface area (Å²) in [4.78, 5) is 6.25. The van der Waals surface area contributed by atoms with Crippen LogP contribution in [-0.4, -0.2) is 9.97 Å². The lowest BCUT2D eigenvalue weighted by Gasteiger charge is -2.02. The van der Waals surface area contributed by atoms with Crippen LogP contribution in [0.15, 0.2) is 0 Å². The fourth-order valence-electron chi connectivity index (χ4n) is 1.19. The average Bonchev–Trinajstić information content (AvgIpc) is 2.26. The molecule has 1 aromatic heterocycles. The largest absolute Gasteiger partial charge is 0.335 e. The highest BCUT2D eigenvalue weighted by molar-refractivity contribution is 7.71. The van der Waals surface area contributed by atoms with Crippen LogP contribution in [0.1, 0.15) is 31.7 Å². The minimum Gasteiger partial charge on any atom is -0.335 e. The fourth-order valence-corrected chi connectivity index (χ4v) is 1.47. The van der Waals surface area contributed by atoms with Crippen LogP contribution in [0.25, 0.3) is 0 Å². The zero-order chi connectivity index (χ0) is 9.14. The topological polar surface area (TPSA) is 31.6 Å². The van der Waals surface area contributed by atoms with Gasteiger partial charge < -0.3 is 9.97 Å². The summed E-state index contributed by atoms with van der Waals surface area (Å²) in [7, 11) is 0. The highest BCUT2D eigenvalue weighted by atomic mass is 32.1. The normalized spacial score (nSPS) is 11.0. The number of H-pyrrole nitrogens is 2. The second-order valence-corrected chi connectivity index (χ2v) is 4.02. The van der Waals surface area contributed by atoms with Gasteiger partial charge in [0.1, 0.15) is 0 Å². The molecule has 0 saturated heterocycles. The molecule has 3 heteroatoms. The maximum atomic E-state index is 4.99. The van der Waals surface area contributed by atoms with E-state index < -0.39 is 0 Å². The van der Waals surface area contributed by atoms with Gasteiger partial charge in [-0.15, -0.1) is 0 Å². The number of aromatic nitrogens is 2. The SMILES string of the molecule is Cc1[nH]c(=S)[nH]c1CCC(C)C. The van der Waals surface area contributed by atoms with Crippen LogP contribution in [0.4, 0.5) is 0 Å². The van der Waals surface area contributed by atoms with Crippen LogP contribution in [0.2, 0.25) is 0 Å². The molecule has 0 amide bonds. The highest BCUT2D eigenvalue weighted by Crippen LogP contribution is 2.09. The fraction of sp³-hybridized carbons (Fsp3) is 0.667. The Labute approximate surface area is 78.4 Å². The van der Waals surface area contributed by atoms with Gasteiger partial charge in [0, 0.05) is 11.4 Å². The van der Waals surface area contributed by atoms with Crippen molar-refractivity contribution < 1.29 is 0 Å². The smallest absolute Gasteiger partial charge is 0.174 e. The molecule has 1 rings (SSSR count). The van der Waals surface area contributed by atoms with Crippen molar-refractivity contribution in [2.75, 3.05) is 0 Å². The summed E-state index contributed by atoms with van der Waals surface area (Å²) in [5.41, 5.74) is 2.44. The van der Waals surface area contributed by atoms with Gasteiger partial charge in [-0.25, -0.2) is 0 Å². The molecule has 0 spiro atoms. The lowest BCUT2D eigenvalue weighted by atomic mass is 10.1. The van der Waals surface area contributed by atoms with E-state index in [9.17, 15) is 0 Å². The van der Waals surface area contributed by atoms with Crippen molar-refractivity contribution in [3.05, 3.63) is 16.2 Å². The summed E-state index contributed by atoms with van der Waals surface area (Å²) in [5.74, 6) is 0.751. The quantitative estimate of drug-likeness (QED) is 0.695. The molecule has 0 saturated carbocycles. The first kappa shape index (κ1) is 9.52. The van der Waals surface area contributed by atoms with Crippen LogP contribution >= 0.6 is 12.2 Å². The van der Waals surface area contributed by atoms with E-state index >= 15 is 0 Å². The monoisotopic (exact) mass is 184 g/mol. The minimum absolute atomic E-state index is 0.742. The van der Waals surface area contributed by atoms with Gasteiger partial charge in [0.05, 0.1) is 0 Å². The molecule has 2 nitrogen and oxygen atoms in total. The number of aryl methyl sites for hydroxylation is 2. The van der Waals surface area contributed by atoms with Gasteiger partial charge in [-0.2, -0.15) is 0 Å². The zero-order valence-electron chi connectivity index (χ0n) is 7.90. The van der Waals surface area contributed by atoms with E-state index in [-0.39, 0.29) is 0 Å². The summed E-state index contributed by atoms with van der Waals surface area (Å²) in [5, 5.41) is 0. The van der Waals surface area contributed by atoms with Crippen molar-refractivity contribution in [2.24, 2.45) is 5.92 Å². The van der Waals surface area contributed by atoms with Crippen molar-refractivity contribution in [3.63, 3.8) is 0 Å². The molecule has 0 aliphatic heterocycles. The van der Waals surface area contributed by atoms with E-state index in [0.29, 0.717) is 0 Å². The first-order chi connectivity index (χ1) is 5.59. The van der Waals surface area contributed by atoms with E-state index in [4.69, 9.17) is 12.2 Å². The van der Waals surface area contributed by atoms with Crippen LogP contribution in [0.5, 0.6) is 0 Å². The number of aromatic amines is 2. The van der Waals surface area contributed by atoms with Crippen molar-refractivity contribution in [2.45, 2.75) is 33.6 Å².